The molecule has 0 aliphatic rings. The van der Waals surface area contributed by atoms with Crippen LogP contribution < -0.4 is 10.1 Å². The lowest BCUT2D eigenvalue weighted by Crippen LogP contribution is -2.33. The van der Waals surface area contributed by atoms with Gasteiger partial charge in [-0.3, -0.25) is 9.59 Å². The predicted molar refractivity (Wildman–Crippen MR) is 90.9 cm³/mol. The molecule has 0 saturated heterocycles. The Kier molecular flexibility index (Phi) is 5.06. The molecule has 4 nitrogen and oxygen atoms in total. The Hall–Kier alpha value is -2.33. The lowest BCUT2D eigenvalue weighted by molar-refractivity contribution is -0.139. The number of carbonyl (C=O) groups excluding carboxylic acids is 2. The third kappa shape index (κ3) is 4.33. The number of carbonyl (C=O) groups is 2. The molecule has 0 bridgehead atoms. The summed E-state index contributed by atoms with van der Waals surface area (Å²) in [6, 6.07) is 13.7. The largest absolute Gasteiger partial charge is 0.426 e. The van der Waals surface area contributed by atoms with Crippen molar-refractivity contribution in [3.8, 4) is 5.75 Å². The number of hydrogen-bond donors (Lipinski definition) is 1. The highest BCUT2D eigenvalue weighted by molar-refractivity contribution is 6.30. The van der Waals surface area contributed by atoms with Gasteiger partial charge in [-0.05, 0) is 55.8 Å². The second-order valence-corrected chi connectivity index (χ2v) is 6.16. The van der Waals surface area contributed by atoms with Gasteiger partial charge in [-0.2, -0.15) is 0 Å². The molecule has 23 heavy (non-hydrogen) atoms. The number of esters is 1. The van der Waals surface area contributed by atoms with Gasteiger partial charge in [-0.1, -0.05) is 23.7 Å². The monoisotopic (exact) mass is 331 g/mol. The summed E-state index contributed by atoms with van der Waals surface area (Å²) in [6.45, 7) is 5.02. The van der Waals surface area contributed by atoms with Gasteiger partial charge < -0.3 is 10.1 Å². The van der Waals surface area contributed by atoms with Gasteiger partial charge in [0.25, 0.3) is 0 Å². The van der Waals surface area contributed by atoms with Gasteiger partial charge in [0.1, 0.15) is 5.75 Å². The summed E-state index contributed by atoms with van der Waals surface area (Å²) in [5, 5.41) is 3.27. The predicted octanol–water partition coefficient (Wildman–Crippen LogP) is 4.18. The Morgan fingerprint density at radius 3 is 2.09 bits per heavy atom. The van der Waals surface area contributed by atoms with Crippen molar-refractivity contribution in [2.75, 3.05) is 5.32 Å². The van der Waals surface area contributed by atoms with Crippen molar-refractivity contribution in [3.63, 3.8) is 0 Å². The van der Waals surface area contributed by atoms with Gasteiger partial charge in [-0.15, -0.1) is 0 Å². The van der Waals surface area contributed by atoms with Crippen LogP contribution in [0.25, 0.3) is 0 Å². The lowest BCUT2D eigenvalue weighted by Gasteiger charge is -2.23. The molecule has 0 aromatic heterocycles. The molecule has 2 aromatic carbocycles. The van der Waals surface area contributed by atoms with Crippen molar-refractivity contribution in [1.82, 2.24) is 0 Å². The van der Waals surface area contributed by atoms with E-state index in [1.54, 1.807) is 50.2 Å². The molecule has 0 aliphatic carbocycles. The van der Waals surface area contributed by atoms with Crippen LogP contribution in [0.3, 0.4) is 0 Å². The Labute approximate surface area is 140 Å². The topological polar surface area (TPSA) is 55.4 Å². The quantitative estimate of drug-likeness (QED) is 0.675. The zero-order valence-electron chi connectivity index (χ0n) is 13.2. The maximum absolute atomic E-state index is 12.5. The normalized spacial score (nSPS) is 11.0. The molecule has 0 unspecified atom stereocenters. The van der Waals surface area contributed by atoms with E-state index in [9.17, 15) is 9.59 Å². The molecule has 1 amide bonds. The van der Waals surface area contributed by atoms with E-state index >= 15 is 0 Å². The van der Waals surface area contributed by atoms with Crippen LogP contribution in [0, 0.1) is 0 Å². The van der Waals surface area contributed by atoms with E-state index in [4.69, 9.17) is 16.3 Å². The van der Waals surface area contributed by atoms with Gasteiger partial charge in [-0.25, -0.2) is 0 Å². The third-order valence-electron chi connectivity index (χ3n) is 3.46. The van der Waals surface area contributed by atoms with Crippen LogP contribution in [0.2, 0.25) is 5.02 Å². The fraction of sp³-hybridized carbons (Fsp3) is 0.222. The minimum Gasteiger partial charge on any atom is -0.426 e. The first kappa shape index (κ1) is 17.0. The highest BCUT2D eigenvalue weighted by Gasteiger charge is 2.32. The summed E-state index contributed by atoms with van der Waals surface area (Å²) in [6.07, 6.45) is 0. The average Bonchev–Trinajstić information content (AvgIpc) is 2.49. The van der Waals surface area contributed by atoms with Crippen LogP contribution in [0.4, 0.5) is 5.69 Å². The number of amides is 1. The highest BCUT2D eigenvalue weighted by atomic mass is 35.5. The number of hydrogen-bond acceptors (Lipinski definition) is 3. The Morgan fingerprint density at radius 1 is 1.00 bits per heavy atom. The zero-order valence-corrected chi connectivity index (χ0v) is 14.0. The first-order chi connectivity index (χ1) is 10.8. The molecule has 120 valence electrons. The molecule has 5 heteroatoms. The van der Waals surface area contributed by atoms with Crippen molar-refractivity contribution in [1.29, 1.82) is 0 Å². The standard InChI is InChI=1S/C18H18ClNO3/c1-12(21)20-15-8-10-16(11-9-15)23-17(22)18(2,3)13-4-6-14(19)7-5-13/h4-11H,1-3H3,(H,20,21). The minimum absolute atomic E-state index is 0.154. The van der Waals surface area contributed by atoms with E-state index in [0.717, 1.165) is 5.56 Å². The van der Waals surface area contributed by atoms with E-state index in [-0.39, 0.29) is 11.9 Å². The molecule has 2 rings (SSSR count). The van der Waals surface area contributed by atoms with Crippen molar-refractivity contribution in [3.05, 3.63) is 59.1 Å². The van der Waals surface area contributed by atoms with Crippen molar-refractivity contribution < 1.29 is 14.3 Å². The SMILES string of the molecule is CC(=O)Nc1ccc(OC(=O)C(C)(C)c2ccc(Cl)cc2)cc1. The number of anilines is 1. The minimum atomic E-state index is -0.805. The lowest BCUT2D eigenvalue weighted by atomic mass is 9.85. The second-order valence-electron chi connectivity index (χ2n) is 5.73. The Balaban J connectivity index is 2.11. The maximum Gasteiger partial charge on any atom is 0.321 e. The van der Waals surface area contributed by atoms with Crippen LogP contribution in [-0.2, 0) is 15.0 Å². The van der Waals surface area contributed by atoms with E-state index < -0.39 is 5.41 Å². The van der Waals surface area contributed by atoms with E-state index in [2.05, 4.69) is 5.32 Å². The molecule has 1 N–H and O–H groups in total. The van der Waals surface area contributed by atoms with Crippen molar-refractivity contribution >= 4 is 29.2 Å². The summed E-state index contributed by atoms with van der Waals surface area (Å²) < 4.78 is 5.44. The van der Waals surface area contributed by atoms with Crippen LogP contribution in [0.5, 0.6) is 5.75 Å². The third-order valence-corrected chi connectivity index (χ3v) is 3.71. The van der Waals surface area contributed by atoms with Gasteiger partial charge in [0, 0.05) is 17.6 Å². The van der Waals surface area contributed by atoms with E-state index in [1.165, 1.54) is 6.92 Å². The van der Waals surface area contributed by atoms with Gasteiger partial charge >= 0.3 is 5.97 Å². The van der Waals surface area contributed by atoms with E-state index in [1.807, 2.05) is 12.1 Å². The molecule has 0 heterocycles. The van der Waals surface area contributed by atoms with Gasteiger partial charge in [0.05, 0.1) is 5.41 Å². The summed E-state index contributed by atoms with van der Waals surface area (Å²) in [4.78, 5) is 23.4. The molecule has 2 aromatic rings. The number of nitrogens with one attached hydrogen (secondary N) is 1. The van der Waals surface area contributed by atoms with Crippen molar-refractivity contribution in [2.24, 2.45) is 0 Å². The number of ether oxygens (including phenoxy) is 1. The molecule has 0 saturated carbocycles. The van der Waals surface area contributed by atoms with E-state index in [0.29, 0.717) is 16.5 Å². The number of halogens is 1. The summed E-state index contributed by atoms with van der Waals surface area (Å²) in [5.74, 6) is -0.100. The highest BCUT2D eigenvalue weighted by Crippen LogP contribution is 2.27. The van der Waals surface area contributed by atoms with Crippen molar-refractivity contribution in [2.45, 2.75) is 26.2 Å². The number of benzene rings is 2. The molecular formula is C18H18ClNO3. The first-order valence-corrected chi connectivity index (χ1v) is 7.53. The van der Waals surface area contributed by atoms with Crippen LogP contribution in [-0.4, -0.2) is 11.9 Å². The van der Waals surface area contributed by atoms with Crippen LogP contribution in [0.1, 0.15) is 26.3 Å². The van der Waals surface area contributed by atoms with Gasteiger partial charge in [0.15, 0.2) is 0 Å². The molecule has 0 spiro atoms. The number of rotatable bonds is 4. The Morgan fingerprint density at radius 2 is 1.57 bits per heavy atom. The summed E-state index contributed by atoms with van der Waals surface area (Å²) in [5.41, 5.74) is 0.664. The molecular weight excluding hydrogens is 314 g/mol. The summed E-state index contributed by atoms with van der Waals surface area (Å²) in [7, 11) is 0. The summed E-state index contributed by atoms with van der Waals surface area (Å²) >= 11 is 5.88. The molecule has 0 atom stereocenters. The fourth-order valence-corrected chi connectivity index (χ4v) is 2.15. The van der Waals surface area contributed by atoms with Crippen LogP contribution >= 0.6 is 11.6 Å². The first-order valence-electron chi connectivity index (χ1n) is 7.15. The van der Waals surface area contributed by atoms with Crippen LogP contribution in [0.15, 0.2) is 48.5 Å². The average molecular weight is 332 g/mol. The maximum atomic E-state index is 12.5. The Bertz CT molecular complexity index is 706. The smallest absolute Gasteiger partial charge is 0.321 e. The molecule has 0 radical (unpaired) electrons. The fourth-order valence-electron chi connectivity index (χ4n) is 2.03. The zero-order chi connectivity index (χ0) is 17.0. The molecule has 0 aliphatic heterocycles. The molecule has 0 fully saturated rings. The van der Waals surface area contributed by atoms with Gasteiger partial charge in [0.2, 0.25) is 5.91 Å². The second kappa shape index (κ2) is 6.84.